The number of alkyl halides is 1. The average Bonchev–Trinajstić information content (AvgIpc) is 1.30. The van der Waals surface area contributed by atoms with Gasteiger partial charge in [-0.15, -0.1) is 0 Å². The van der Waals surface area contributed by atoms with Crippen molar-refractivity contribution in [2.24, 2.45) is 0 Å². The first kappa shape index (κ1) is 7.69. The third kappa shape index (κ3) is 6.69. The van der Waals surface area contributed by atoms with Crippen molar-refractivity contribution in [1.82, 2.24) is 0 Å². The predicted molar refractivity (Wildman–Crippen MR) is 39.7 cm³/mol. The van der Waals surface area contributed by atoms with E-state index in [9.17, 15) is 0 Å². The molecule has 0 saturated carbocycles. The van der Waals surface area contributed by atoms with Crippen LogP contribution in [0.25, 0.3) is 0 Å². The van der Waals surface area contributed by atoms with Crippen LogP contribution in [0.2, 0.25) is 0 Å². The Balaban J connectivity index is 3.15. The van der Waals surface area contributed by atoms with Gasteiger partial charge in [0.05, 0.1) is 0 Å². The Morgan fingerprint density at radius 1 is 1.57 bits per heavy atom. The van der Waals surface area contributed by atoms with Gasteiger partial charge in [-0.25, -0.2) is 0 Å². The van der Waals surface area contributed by atoms with E-state index in [0.717, 1.165) is 6.61 Å². The topological polar surface area (TPSA) is 9.23 Å². The van der Waals surface area contributed by atoms with Crippen molar-refractivity contribution in [3.05, 3.63) is 0 Å². The van der Waals surface area contributed by atoms with Crippen LogP contribution < -0.4 is 0 Å². The summed E-state index contributed by atoms with van der Waals surface area (Å²) in [5.74, 6) is 0. The largest absolute Gasteiger partial charge is 0.366 e. The average molecular weight is 214 g/mol. The maximum absolute atomic E-state index is 5.22. The van der Waals surface area contributed by atoms with Gasteiger partial charge in [-0.3, -0.25) is 0 Å². The molecule has 0 radical (unpaired) electrons. The summed E-state index contributed by atoms with van der Waals surface area (Å²) in [6, 6.07) is 0. The van der Waals surface area contributed by atoms with Gasteiger partial charge in [0.2, 0.25) is 0 Å². The highest BCUT2D eigenvalue weighted by Gasteiger charge is 2.09. The molecule has 0 rings (SSSR count). The molecule has 2 heteroatoms. The fraction of sp³-hybridized carbons (Fsp3) is 1.00. The van der Waals surface area contributed by atoms with E-state index < -0.39 is 0 Å². The van der Waals surface area contributed by atoms with E-state index in [2.05, 4.69) is 22.6 Å². The predicted octanol–water partition coefficient (Wildman–Crippen LogP) is 2.19. The zero-order chi connectivity index (χ0) is 5.91. The Morgan fingerprint density at radius 2 is 2.00 bits per heavy atom. The van der Waals surface area contributed by atoms with Gasteiger partial charge in [0.1, 0.15) is 3.61 Å². The molecule has 0 saturated heterocycles. The summed E-state index contributed by atoms with van der Waals surface area (Å²) in [6.45, 7) is 6.88. The van der Waals surface area contributed by atoms with Crippen molar-refractivity contribution in [1.29, 1.82) is 0 Å². The molecule has 0 aliphatic heterocycles. The quantitative estimate of drug-likeness (QED) is 0.505. The lowest BCUT2D eigenvalue weighted by Gasteiger charge is -2.14. The third-order valence-electron chi connectivity index (χ3n) is 0.488. The normalized spacial score (nSPS) is 12.0. The van der Waals surface area contributed by atoms with Crippen LogP contribution in [0.15, 0.2) is 0 Å². The molecule has 7 heavy (non-hydrogen) atoms. The molecule has 0 atom stereocenters. The van der Waals surface area contributed by atoms with Crippen LogP contribution >= 0.6 is 22.6 Å². The Labute approximate surface area is 58.6 Å². The van der Waals surface area contributed by atoms with E-state index >= 15 is 0 Å². The van der Waals surface area contributed by atoms with Crippen LogP contribution in [0.4, 0.5) is 0 Å². The number of halogens is 1. The van der Waals surface area contributed by atoms with E-state index in [1.54, 1.807) is 0 Å². The Kier molecular flexibility index (Phi) is 3.15. The van der Waals surface area contributed by atoms with Crippen molar-refractivity contribution >= 4 is 22.6 Å². The lowest BCUT2D eigenvalue weighted by atomic mass is 10.5. The summed E-state index contributed by atoms with van der Waals surface area (Å²) in [6.07, 6.45) is 0. The minimum atomic E-state index is 0.0203. The van der Waals surface area contributed by atoms with Crippen LogP contribution in [-0.2, 0) is 4.74 Å². The molecular formula is C5H11IO. The lowest BCUT2D eigenvalue weighted by Crippen LogP contribution is -2.13. The monoisotopic (exact) mass is 214 g/mol. The lowest BCUT2D eigenvalue weighted by molar-refractivity contribution is 0.0764. The molecule has 0 bridgehead atoms. The van der Waals surface area contributed by atoms with Gasteiger partial charge in [-0.1, -0.05) is 0 Å². The van der Waals surface area contributed by atoms with Crippen LogP contribution in [0.5, 0.6) is 0 Å². The van der Waals surface area contributed by atoms with Crippen LogP contribution in [0.3, 0.4) is 0 Å². The van der Waals surface area contributed by atoms with Gasteiger partial charge in [0.15, 0.2) is 0 Å². The molecule has 0 N–H and O–H groups in total. The zero-order valence-electron chi connectivity index (χ0n) is 4.99. The summed E-state index contributed by atoms with van der Waals surface area (Å²) >= 11 is 2.25. The molecule has 0 unspecified atom stereocenters. The molecule has 0 aromatic heterocycles. The number of rotatable bonds is 2. The minimum absolute atomic E-state index is 0.0203. The van der Waals surface area contributed by atoms with Crippen molar-refractivity contribution in [2.75, 3.05) is 6.61 Å². The first-order chi connectivity index (χ1) is 3.06. The zero-order valence-corrected chi connectivity index (χ0v) is 7.15. The molecule has 0 aliphatic rings. The molecule has 0 fully saturated rings. The van der Waals surface area contributed by atoms with Crippen molar-refractivity contribution in [3.63, 3.8) is 0 Å². The van der Waals surface area contributed by atoms with Gasteiger partial charge >= 0.3 is 0 Å². The first-order valence-corrected chi connectivity index (χ1v) is 3.47. The van der Waals surface area contributed by atoms with E-state index in [1.807, 2.05) is 20.8 Å². The van der Waals surface area contributed by atoms with Crippen molar-refractivity contribution < 1.29 is 4.74 Å². The van der Waals surface area contributed by atoms with Crippen LogP contribution in [-0.4, -0.2) is 10.2 Å². The van der Waals surface area contributed by atoms with Crippen molar-refractivity contribution in [2.45, 2.75) is 24.4 Å². The third-order valence-corrected chi connectivity index (χ3v) is 0.799. The van der Waals surface area contributed by atoms with E-state index in [-0.39, 0.29) is 3.61 Å². The summed E-state index contributed by atoms with van der Waals surface area (Å²) in [7, 11) is 0. The first-order valence-electron chi connectivity index (χ1n) is 2.39. The second-order valence-electron chi connectivity index (χ2n) is 1.80. The summed E-state index contributed by atoms with van der Waals surface area (Å²) in [5.41, 5.74) is 0. The Bertz CT molecular complexity index is 46.5. The Hall–Kier alpha value is 0.690. The molecular weight excluding hydrogens is 203 g/mol. The molecule has 0 aromatic carbocycles. The fourth-order valence-electron chi connectivity index (χ4n) is 0.343. The number of ether oxygens (including phenoxy) is 1. The molecule has 0 aromatic rings. The maximum atomic E-state index is 5.22. The van der Waals surface area contributed by atoms with Gasteiger partial charge in [-0.05, 0) is 43.4 Å². The summed E-state index contributed by atoms with van der Waals surface area (Å²) in [4.78, 5) is 0. The van der Waals surface area contributed by atoms with E-state index in [0.29, 0.717) is 0 Å². The molecule has 0 heterocycles. The smallest absolute Gasteiger partial charge is 0.113 e. The van der Waals surface area contributed by atoms with E-state index in [1.165, 1.54) is 0 Å². The molecule has 0 amide bonds. The number of hydrogen-bond acceptors (Lipinski definition) is 1. The van der Waals surface area contributed by atoms with Gasteiger partial charge in [-0.2, -0.15) is 0 Å². The highest BCUT2D eigenvalue weighted by Crippen LogP contribution is 2.16. The second-order valence-corrected chi connectivity index (χ2v) is 4.39. The highest BCUT2D eigenvalue weighted by atomic mass is 127. The maximum Gasteiger partial charge on any atom is 0.113 e. The molecule has 0 aliphatic carbocycles. The van der Waals surface area contributed by atoms with Gasteiger partial charge < -0.3 is 4.74 Å². The Morgan fingerprint density at radius 3 is 2.00 bits per heavy atom. The van der Waals surface area contributed by atoms with E-state index in [4.69, 9.17) is 4.74 Å². The van der Waals surface area contributed by atoms with Crippen molar-refractivity contribution in [3.8, 4) is 0 Å². The van der Waals surface area contributed by atoms with Crippen LogP contribution in [0.1, 0.15) is 20.8 Å². The summed E-state index contributed by atoms with van der Waals surface area (Å²) in [5, 5.41) is 0. The minimum Gasteiger partial charge on any atom is -0.366 e. The fourth-order valence-corrected chi connectivity index (χ4v) is 0.655. The number of hydrogen-bond donors (Lipinski definition) is 0. The SMILES string of the molecule is CCOC(C)(C)I. The molecule has 44 valence electrons. The molecule has 1 nitrogen and oxygen atoms in total. The van der Waals surface area contributed by atoms with Gasteiger partial charge in [0.25, 0.3) is 0 Å². The second kappa shape index (κ2) is 2.87. The standard InChI is InChI=1S/C5H11IO/c1-4-7-5(2,3)6/h4H2,1-3H3. The highest BCUT2D eigenvalue weighted by molar-refractivity contribution is 14.1. The molecule has 0 spiro atoms. The van der Waals surface area contributed by atoms with Crippen LogP contribution in [0, 0.1) is 0 Å². The van der Waals surface area contributed by atoms with Gasteiger partial charge in [0, 0.05) is 6.61 Å². The summed E-state index contributed by atoms with van der Waals surface area (Å²) < 4.78 is 5.24.